The van der Waals surface area contributed by atoms with Crippen LogP contribution < -0.4 is 0 Å². The summed E-state index contributed by atoms with van der Waals surface area (Å²) < 4.78 is 0. The van der Waals surface area contributed by atoms with Crippen molar-refractivity contribution in [2.24, 2.45) is 5.41 Å². The first-order valence-corrected chi connectivity index (χ1v) is 2.74. The lowest BCUT2D eigenvalue weighted by atomic mass is 10.1. The van der Waals surface area contributed by atoms with Crippen molar-refractivity contribution in [1.29, 1.82) is 5.26 Å². The van der Waals surface area contributed by atoms with Gasteiger partial charge < -0.3 is 0 Å². The lowest BCUT2D eigenvalue weighted by Gasteiger charge is -1.93. The first kappa shape index (κ1) is 4.64. The Hall–Kier alpha value is -0.510. The van der Waals surface area contributed by atoms with E-state index >= 15 is 0 Å². The molecule has 0 saturated heterocycles. The smallest absolute Gasteiger partial charge is 0.0689 e. The molecule has 1 aliphatic carbocycles. The third-order valence-electron chi connectivity index (χ3n) is 1.77. The van der Waals surface area contributed by atoms with Crippen molar-refractivity contribution in [2.75, 3.05) is 0 Å². The number of hydrogen-bond acceptors (Lipinski definition) is 1. The van der Waals surface area contributed by atoms with Crippen molar-refractivity contribution in [3.63, 3.8) is 0 Å². The minimum Gasteiger partial charge on any atom is -0.198 e. The molecular weight excluding hydrogens is 86.1 g/mol. The van der Waals surface area contributed by atoms with Crippen LogP contribution in [0.2, 0.25) is 0 Å². The molecule has 1 aliphatic rings. The molecule has 7 heavy (non-hydrogen) atoms. The van der Waals surface area contributed by atoms with Gasteiger partial charge in [-0.3, -0.25) is 0 Å². The zero-order valence-electron chi connectivity index (χ0n) is 4.57. The van der Waals surface area contributed by atoms with E-state index < -0.39 is 0 Å². The van der Waals surface area contributed by atoms with E-state index in [4.69, 9.17) is 5.26 Å². The number of hydrogen-bond donors (Lipinski definition) is 0. The summed E-state index contributed by atoms with van der Waals surface area (Å²) >= 11 is 0. The third-order valence-corrected chi connectivity index (χ3v) is 1.77. The van der Waals surface area contributed by atoms with E-state index in [-0.39, 0.29) is 5.41 Å². The fourth-order valence-corrected chi connectivity index (χ4v) is 0.695. The lowest BCUT2D eigenvalue weighted by molar-refractivity contribution is 0.641. The van der Waals surface area contributed by atoms with Gasteiger partial charge in [0.25, 0.3) is 0 Å². The van der Waals surface area contributed by atoms with E-state index in [0.29, 0.717) is 0 Å². The van der Waals surface area contributed by atoms with Gasteiger partial charge in [-0.2, -0.15) is 5.26 Å². The van der Waals surface area contributed by atoms with Gasteiger partial charge in [-0.05, 0) is 19.3 Å². The van der Waals surface area contributed by atoms with Gasteiger partial charge in [0, 0.05) is 0 Å². The topological polar surface area (TPSA) is 23.8 Å². The minimum absolute atomic E-state index is 0.139. The van der Waals surface area contributed by atoms with Gasteiger partial charge in [0.2, 0.25) is 0 Å². The first-order chi connectivity index (χ1) is 3.33. The van der Waals surface area contributed by atoms with Gasteiger partial charge in [0.15, 0.2) is 0 Å². The summed E-state index contributed by atoms with van der Waals surface area (Å²) in [5.41, 5.74) is 0.139. The summed E-state index contributed by atoms with van der Waals surface area (Å²) in [5, 5.41) is 8.41. The number of nitrogens with zero attached hydrogens (tertiary/aromatic N) is 1. The molecule has 0 unspecified atom stereocenters. The fraction of sp³-hybridized carbons (Fsp3) is 0.833. The lowest BCUT2D eigenvalue weighted by Crippen LogP contribution is -1.89. The predicted octanol–water partition coefficient (Wildman–Crippen LogP) is 1.70. The Bertz CT molecular complexity index is 106. The van der Waals surface area contributed by atoms with Crippen LogP contribution in [-0.4, -0.2) is 0 Å². The molecule has 0 amide bonds. The van der Waals surface area contributed by atoms with Gasteiger partial charge in [0.05, 0.1) is 11.5 Å². The second-order valence-electron chi connectivity index (χ2n) is 2.25. The molecule has 0 N–H and O–H groups in total. The zero-order valence-corrected chi connectivity index (χ0v) is 4.57. The van der Waals surface area contributed by atoms with E-state index in [2.05, 4.69) is 13.0 Å². The van der Waals surface area contributed by atoms with E-state index in [9.17, 15) is 0 Å². The molecule has 0 aromatic rings. The normalized spacial score (nSPS) is 23.4. The van der Waals surface area contributed by atoms with Crippen LogP contribution in [0.5, 0.6) is 0 Å². The molecule has 0 heterocycles. The van der Waals surface area contributed by atoms with Crippen molar-refractivity contribution >= 4 is 0 Å². The van der Waals surface area contributed by atoms with Gasteiger partial charge in [-0.1, -0.05) is 6.92 Å². The Morgan fingerprint density at radius 3 is 2.29 bits per heavy atom. The highest BCUT2D eigenvalue weighted by molar-refractivity contribution is 5.08. The van der Waals surface area contributed by atoms with Crippen molar-refractivity contribution in [3.05, 3.63) is 0 Å². The van der Waals surface area contributed by atoms with Gasteiger partial charge >= 0.3 is 0 Å². The van der Waals surface area contributed by atoms with Crippen molar-refractivity contribution in [3.8, 4) is 6.07 Å². The number of rotatable bonds is 1. The molecule has 0 bridgehead atoms. The second kappa shape index (κ2) is 1.23. The van der Waals surface area contributed by atoms with Crippen LogP contribution >= 0.6 is 0 Å². The molecule has 1 nitrogen and oxygen atoms in total. The molecule has 0 aromatic heterocycles. The monoisotopic (exact) mass is 95.1 g/mol. The SMILES string of the molecule is CCC1(C#N)CC1. The summed E-state index contributed by atoms with van der Waals surface area (Å²) in [6.45, 7) is 2.08. The van der Waals surface area contributed by atoms with E-state index in [1.807, 2.05) is 0 Å². The van der Waals surface area contributed by atoms with Crippen molar-refractivity contribution in [2.45, 2.75) is 26.2 Å². The maximum Gasteiger partial charge on any atom is 0.0689 e. The minimum atomic E-state index is 0.139. The molecule has 1 heteroatoms. The molecular formula is C6H9N. The largest absolute Gasteiger partial charge is 0.198 e. The average molecular weight is 95.1 g/mol. The molecule has 0 radical (unpaired) electrons. The van der Waals surface area contributed by atoms with Crippen LogP contribution in [0.1, 0.15) is 26.2 Å². The highest BCUT2D eigenvalue weighted by Gasteiger charge is 2.40. The van der Waals surface area contributed by atoms with E-state index in [0.717, 1.165) is 19.3 Å². The number of nitriles is 1. The molecule has 1 fully saturated rings. The Labute approximate surface area is 44.0 Å². The van der Waals surface area contributed by atoms with E-state index in [1.165, 1.54) is 0 Å². The molecule has 1 rings (SSSR count). The van der Waals surface area contributed by atoms with Crippen LogP contribution in [0.25, 0.3) is 0 Å². The van der Waals surface area contributed by atoms with Crippen molar-refractivity contribution in [1.82, 2.24) is 0 Å². The van der Waals surface area contributed by atoms with Crippen molar-refractivity contribution < 1.29 is 0 Å². The molecule has 0 aliphatic heterocycles. The summed E-state index contributed by atoms with van der Waals surface area (Å²) in [7, 11) is 0. The van der Waals surface area contributed by atoms with Gasteiger partial charge in [0.1, 0.15) is 0 Å². The van der Waals surface area contributed by atoms with Gasteiger partial charge in [-0.25, -0.2) is 0 Å². The van der Waals surface area contributed by atoms with E-state index in [1.54, 1.807) is 0 Å². The Morgan fingerprint density at radius 1 is 1.71 bits per heavy atom. The predicted molar refractivity (Wildman–Crippen MR) is 27.6 cm³/mol. The maximum absolute atomic E-state index is 8.41. The molecule has 0 spiro atoms. The highest BCUT2D eigenvalue weighted by atomic mass is 14.5. The maximum atomic E-state index is 8.41. The quantitative estimate of drug-likeness (QED) is 0.486. The zero-order chi connectivity index (χ0) is 5.33. The highest BCUT2D eigenvalue weighted by Crippen LogP contribution is 2.47. The Kier molecular flexibility index (Phi) is 0.815. The first-order valence-electron chi connectivity index (χ1n) is 2.74. The molecule has 38 valence electrons. The molecule has 0 atom stereocenters. The summed E-state index contributed by atoms with van der Waals surface area (Å²) in [5.74, 6) is 0. The fourth-order valence-electron chi connectivity index (χ4n) is 0.695. The van der Waals surface area contributed by atoms with Crippen LogP contribution in [0, 0.1) is 16.7 Å². The summed E-state index contributed by atoms with van der Waals surface area (Å²) in [6.07, 6.45) is 3.32. The van der Waals surface area contributed by atoms with Crippen LogP contribution in [0.3, 0.4) is 0 Å². The summed E-state index contributed by atoms with van der Waals surface area (Å²) in [4.78, 5) is 0. The molecule has 1 saturated carbocycles. The van der Waals surface area contributed by atoms with Crippen LogP contribution in [-0.2, 0) is 0 Å². The van der Waals surface area contributed by atoms with Crippen LogP contribution in [0.4, 0.5) is 0 Å². The Balaban J connectivity index is 2.47. The second-order valence-corrected chi connectivity index (χ2v) is 2.25. The third kappa shape index (κ3) is 0.608. The summed E-state index contributed by atoms with van der Waals surface area (Å²) in [6, 6.07) is 2.30. The molecule has 0 aromatic carbocycles. The van der Waals surface area contributed by atoms with Crippen LogP contribution in [0.15, 0.2) is 0 Å². The standard InChI is InChI=1S/C6H9N/c1-2-6(5-7)3-4-6/h2-4H2,1H3. The van der Waals surface area contributed by atoms with Gasteiger partial charge in [-0.15, -0.1) is 0 Å². The Morgan fingerprint density at radius 2 is 2.29 bits per heavy atom. The average Bonchev–Trinajstić information content (AvgIpc) is 2.46.